The van der Waals surface area contributed by atoms with Crippen LogP contribution in [-0.4, -0.2) is 25.4 Å². The first-order chi connectivity index (χ1) is 14.5. The van der Waals surface area contributed by atoms with Gasteiger partial charge in [0.1, 0.15) is 5.54 Å². The van der Waals surface area contributed by atoms with Crippen molar-refractivity contribution >= 4 is 45.3 Å². The monoisotopic (exact) mass is 489 g/mol. The van der Waals surface area contributed by atoms with E-state index in [2.05, 4.69) is 33.4 Å². The molecule has 0 unspecified atom stereocenters. The average molecular weight is 491 g/mol. The Hall–Kier alpha value is -2.18. The topological polar surface area (TPSA) is 56.8 Å². The summed E-state index contributed by atoms with van der Waals surface area (Å²) in [5, 5.41) is 4.06. The molecule has 7 heteroatoms. The zero-order valence-electron chi connectivity index (χ0n) is 16.5. The fourth-order valence-electron chi connectivity index (χ4n) is 4.92. The smallest absolute Gasteiger partial charge is 0.331 e. The Morgan fingerprint density at radius 2 is 1.87 bits per heavy atom. The predicted molar refractivity (Wildman–Crippen MR) is 119 cm³/mol. The summed E-state index contributed by atoms with van der Waals surface area (Å²) >= 11 is 9.97. The van der Waals surface area contributed by atoms with E-state index in [4.69, 9.17) is 25.8 Å². The van der Waals surface area contributed by atoms with Crippen LogP contribution in [0.3, 0.4) is 0 Å². The highest BCUT2D eigenvalue weighted by Gasteiger charge is 2.52. The van der Waals surface area contributed by atoms with Gasteiger partial charge in [-0.15, -0.1) is 0 Å². The number of halogens is 2. The Morgan fingerprint density at radius 3 is 2.57 bits per heavy atom. The highest BCUT2D eigenvalue weighted by Crippen LogP contribution is 2.57. The van der Waals surface area contributed by atoms with E-state index in [1.165, 1.54) is 12.7 Å². The molecular formula is C23H21BrClNO4. The Bertz CT molecular complexity index is 1060. The van der Waals surface area contributed by atoms with Gasteiger partial charge < -0.3 is 19.5 Å². The lowest BCUT2D eigenvalue weighted by Crippen LogP contribution is -2.52. The number of carbonyl (C=O) groups is 1. The van der Waals surface area contributed by atoms with Gasteiger partial charge in [-0.1, -0.05) is 33.6 Å². The first kappa shape index (κ1) is 19.8. The highest BCUT2D eigenvalue weighted by atomic mass is 79.9. The number of esters is 1. The molecule has 5 rings (SSSR count). The number of benzene rings is 2. The third kappa shape index (κ3) is 3.00. The first-order valence-electron chi connectivity index (χ1n) is 9.90. The van der Waals surface area contributed by atoms with Crippen LogP contribution in [0.1, 0.15) is 36.8 Å². The minimum atomic E-state index is -0.795. The second-order valence-electron chi connectivity index (χ2n) is 8.08. The van der Waals surface area contributed by atoms with Crippen molar-refractivity contribution in [3.05, 3.63) is 57.0 Å². The van der Waals surface area contributed by atoms with E-state index in [-0.39, 0.29) is 18.2 Å². The van der Waals surface area contributed by atoms with Crippen LogP contribution < -0.4 is 14.8 Å². The SMILES string of the molecule is COC(=O)C1(Nc2cccc(Cl)c2)CCC2(CC1)C(Br)=Cc1cc3c(cc12)OCO3. The van der Waals surface area contributed by atoms with Crippen LogP contribution in [0.25, 0.3) is 6.08 Å². The van der Waals surface area contributed by atoms with Gasteiger partial charge in [0.2, 0.25) is 6.79 Å². The lowest BCUT2D eigenvalue weighted by Gasteiger charge is -2.45. The van der Waals surface area contributed by atoms with Crippen molar-refractivity contribution in [1.82, 2.24) is 0 Å². The molecule has 2 aromatic rings. The van der Waals surface area contributed by atoms with Crippen LogP contribution in [0.15, 0.2) is 40.9 Å². The summed E-state index contributed by atoms with van der Waals surface area (Å²) in [7, 11) is 1.44. The fourth-order valence-corrected chi connectivity index (χ4v) is 5.97. The zero-order valence-corrected chi connectivity index (χ0v) is 18.8. The molecule has 5 nitrogen and oxygen atoms in total. The maximum atomic E-state index is 12.9. The summed E-state index contributed by atoms with van der Waals surface area (Å²) in [4.78, 5) is 12.9. The maximum absolute atomic E-state index is 12.9. The van der Waals surface area contributed by atoms with Gasteiger partial charge in [-0.2, -0.15) is 0 Å². The van der Waals surface area contributed by atoms with Crippen molar-refractivity contribution in [2.24, 2.45) is 0 Å². The van der Waals surface area contributed by atoms with Crippen LogP contribution >= 0.6 is 27.5 Å². The number of hydrogen-bond acceptors (Lipinski definition) is 5. The van der Waals surface area contributed by atoms with E-state index >= 15 is 0 Å². The van der Waals surface area contributed by atoms with E-state index in [0.717, 1.165) is 40.1 Å². The molecule has 0 saturated heterocycles. The van der Waals surface area contributed by atoms with Crippen molar-refractivity contribution < 1.29 is 19.0 Å². The van der Waals surface area contributed by atoms with Gasteiger partial charge in [0, 0.05) is 20.6 Å². The van der Waals surface area contributed by atoms with Crippen LogP contribution in [0.2, 0.25) is 5.02 Å². The molecule has 1 aliphatic heterocycles. The van der Waals surface area contributed by atoms with Crippen LogP contribution in [0.5, 0.6) is 11.5 Å². The summed E-state index contributed by atoms with van der Waals surface area (Å²) in [6, 6.07) is 11.6. The molecule has 1 heterocycles. The predicted octanol–water partition coefficient (Wildman–Crippen LogP) is 5.65. The molecule has 156 valence electrons. The molecule has 3 aliphatic rings. The maximum Gasteiger partial charge on any atom is 0.331 e. The molecule has 0 atom stereocenters. The Morgan fingerprint density at radius 1 is 1.13 bits per heavy atom. The molecule has 30 heavy (non-hydrogen) atoms. The molecule has 0 bridgehead atoms. The van der Waals surface area contributed by atoms with E-state index in [0.29, 0.717) is 17.9 Å². The second kappa shape index (κ2) is 7.20. The largest absolute Gasteiger partial charge is 0.467 e. The van der Waals surface area contributed by atoms with E-state index in [9.17, 15) is 4.79 Å². The third-order valence-corrected chi connectivity index (χ3v) is 7.76. The summed E-state index contributed by atoms with van der Waals surface area (Å²) < 4.78 is 17.5. The standard InChI is InChI=1S/C23H21BrClNO4/c1-28-21(27)23(26-16-4-2-3-15(25)11-16)7-5-22(6-8-23)17-12-19-18(29-13-30-19)9-14(17)10-20(22)24/h2-4,9-12,26H,5-8,13H2,1H3. The normalized spacial score (nSPS) is 26.3. The molecule has 0 radical (unpaired) electrons. The number of ether oxygens (including phenoxy) is 3. The molecule has 1 spiro atoms. The number of carbonyl (C=O) groups excluding carboxylic acids is 1. The lowest BCUT2D eigenvalue weighted by atomic mass is 9.65. The number of hydrogen-bond donors (Lipinski definition) is 1. The van der Waals surface area contributed by atoms with Crippen molar-refractivity contribution in [2.45, 2.75) is 36.6 Å². The summed E-state index contributed by atoms with van der Waals surface area (Å²) in [6.07, 6.45) is 5.00. The molecule has 1 saturated carbocycles. The number of nitrogens with one attached hydrogen (secondary N) is 1. The fraction of sp³-hybridized carbons (Fsp3) is 0.348. The molecule has 1 fully saturated rings. The van der Waals surface area contributed by atoms with Gasteiger partial charge >= 0.3 is 5.97 Å². The van der Waals surface area contributed by atoms with E-state index in [1.807, 2.05) is 30.3 Å². The number of allylic oxidation sites excluding steroid dienone is 1. The quantitative estimate of drug-likeness (QED) is 0.563. The van der Waals surface area contributed by atoms with Crippen molar-refractivity contribution in [3.8, 4) is 11.5 Å². The van der Waals surface area contributed by atoms with Crippen molar-refractivity contribution in [2.75, 3.05) is 19.2 Å². The van der Waals surface area contributed by atoms with Gasteiger partial charge in [-0.25, -0.2) is 4.79 Å². The van der Waals surface area contributed by atoms with E-state index < -0.39 is 5.54 Å². The van der Waals surface area contributed by atoms with Crippen LogP contribution in [0.4, 0.5) is 5.69 Å². The number of methoxy groups -OCH3 is 1. The summed E-state index contributed by atoms with van der Waals surface area (Å²) in [5.41, 5.74) is 2.20. The van der Waals surface area contributed by atoms with Gasteiger partial charge in [0.25, 0.3) is 0 Å². The molecule has 1 N–H and O–H groups in total. The first-order valence-corrected chi connectivity index (χ1v) is 11.1. The minimum Gasteiger partial charge on any atom is -0.467 e. The zero-order chi connectivity index (χ0) is 20.9. The molecule has 2 aromatic carbocycles. The Kier molecular flexibility index (Phi) is 4.75. The van der Waals surface area contributed by atoms with Crippen molar-refractivity contribution in [3.63, 3.8) is 0 Å². The lowest BCUT2D eigenvalue weighted by molar-refractivity contribution is -0.147. The Balaban J connectivity index is 1.47. The summed E-state index contributed by atoms with van der Waals surface area (Å²) in [5.74, 6) is 1.32. The Labute approximate surface area is 188 Å². The third-order valence-electron chi connectivity index (χ3n) is 6.54. The number of anilines is 1. The van der Waals surface area contributed by atoms with Gasteiger partial charge in [-0.3, -0.25) is 0 Å². The van der Waals surface area contributed by atoms with Crippen LogP contribution in [0, 0.1) is 0 Å². The molecule has 2 aliphatic carbocycles. The van der Waals surface area contributed by atoms with Gasteiger partial charge in [0.05, 0.1) is 7.11 Å². The molecule has 0 amide bonds. The average Bonchev–Trinajstić information content (AvgIpc) is 3.30. The number of fused-ring (bicyclic) bond motifs is 3. The molecular weight excluding hydrogens is 470 g/mol. The molecule has 0 aromatic heterocycles. The van der Waals surface area contributed by atoms with E-state index in [1.54, 1.807) is 0 Å². The second-order valence-corrected chi connectivity index (χ2v) is 9.37. The van der Waals surface area contributed by atoms with Gasteiger partial charge in [-0.05, 0) is 73.2 Å². The number of rotatable bonds is 3. The minimum absolute atomic E-state index is 0.177. The highest BCUT2D eigenvalue weighted by molar-refractivity contribution is 9.11. The van der Waals surface area contributed by atoms with Crippen molar-refractivity contribution in [1.29, 1.82) is 0 Å². The summed E-state index contributed by atoms with van der Waals surface area (Å²) in [6.45, 7) is 0.255. The van der Waals surface area contributed by atoms with Gasteiger partial charge in [0.15, 0.2) is 11.5 Å². The van der Waals surface area contributed by atoms with Crippen LogP contribution in [-0.2, 0) is 14.9 Å².